The number of nitrogens with two attached hydrogens (primary N) is 1. The molecule has 0 aliphatic rings. The second kappa shape index (κ2) is 20.2. The zero-order valence-electron chi connectivity index (χ0n) is 27.5. The number of nitrogens with zero attached hydrogens (tertiary/aromatic N) is 2. The molecule has 2 unspecified atom stereocenters. The molecule has 14 nitrogen and oxygen atoms in total. The summed E-state index contributed by atoms with van der Waals surface area (Å²) < 4.78 is 50.1. The monoisotopic (exact) mass is 679 g/mol. The topological polar surface area (TPSA) is 186 Å². The minimum atomic E-state index is -4.79. The van der Waals surface area contributed by atoms with Crippen LogP contribution in [-0.4, -0.2) is 73.6 Å². The highest BCUT2D eigenvalue weighted by molar-refractivity contribution is 7.52. The number of guanidine groups is 1. The molecular formula is C32H46N3O11P. The first kappa shape index (κ1) is 39.1. The second-order valence-electron chi connectivity index (χ2n) is 11.2. The summed E-state index contributed by atoms with van der Waals surface area (Å²) in [6.45, 7) is 5.97. The third kappa shape index (κ3) is 15.8. The predicted octanol–water partition coefficient (Wildman–Crippen LogP) is 6.00. The van der Waals surface area contributed by atoms with Gasteiger partial charge in [0.25, 0.3) is 0 Å². The van der Waals surface area contributed by atoms with Crippen molar-refractivity contribution in [2.75, 3.05) is 26.8 Å². The Bertz CT molecular complexity index is 1250. The van der Waals surface area contributed by atoms with Crippen LogP contribution in [-0.2, 0) is 50.2 Å². The van der Waals surface area contributed by atoms with E-state index in [9.17, 15) is 18.9 Å². The van der Waals surface area contributed by atoms with E-state index < -0.39 is 62.9 Å². The van der Waals surface area contributed by atoms with E-state index in [-0.39, 0.29) is 13.2 Å². The number of likely N-dealkylation sites (N-methyl/N-ethyl adjacent to an activating group) is 1. The quantitative estimate of drug-likeness (QED) is 0.0441. The summed E-state index contributed by atoms with van der Waals surface area (Å²) in [6.07, 6.45) is -2.79. The van der Waals surface area contributed by atoms with Gasteiger partial charge in [-0.2, -0.15) is 0 Å². The molecule has 0 spiro atoms. The average molecular weight is 680 g/mol. The van der Waals surface area contributed by atoms with Crippen molar-refractivity contribution in [1.29, 1.82) is 0 Å². The number of aryl methyl sites for hydroxylation is 2. The van der Waals surface area contributed by atoms with E-state index in [1.54, 1.807) is 27.7 Å². The Balaban J connectivity index is 2.12. The van der Waals surface area contributed by atoms with Crippen molar-refractivity contribution in [3.05, 3.63) is 71.8 Å². The maximum Gasteiger partial charge on any atom is 0.510 e. The van der Waals surface area contributed by atoms with Gasteiger partial charge in [-0.05, 0) is 36.8 Å². The molecule has 2 aromatic rings. The number of ether oxygens (including phenoxy) is 4. The predicted molar refractivity (Wildman–Crippen MR) is 173 cm³/mol. The third-order valence-corrected chi connectivity index (χ3v) is 7.72. The molecule has 47 heavy (non-hydrogen) atoms. The van der Waals surface area contributed by atoms with Crippen LogP contribution in [0.25, 0.3) is 0 Å². The van der Waals surface area contributed by atoms with Crippen LogP contribution in [0, 0.1) is 11.8 Å². The van der Waals surface area contributed by atoms with Gasteiger partial charge in [-0.3, -0.25) is 4.79 Å². The fourth-order valence-electron chi connectivity index (χ4n) is 3.79. The lowest BCUT2D eigenvalue weighted by Gasteiger charge is -2.28. The lowest BCUT2D eigenvalue weighted by Crippen LogP contribution is -2.38. The minimum absolute atomic E-state index is 0.0501. The van der Waals surface area contributed by atoms with Crippen LogP contribution in [0.3, 0.4) is 0 Å². The Labute approximate surface area is 275 Å². The average Bonchev–Trinajstić information content (AvgIpc) is 3.01. The molecular weight excluding hydrogens is 633 g/mol. The summed E-state index contributed by atoms with van der Waals surface area (Å²) in [5, 5.41) is 9.15. The van der Waals surface area contributed by atoms with E-state index in [0.29, 0.717) is 25.7 Å². The Kier molecular flexibility index (Phi) is 16.8. The Hall–Kier alpha value is -4.13. The number of benzene rings is 2. The number of hydrogen-bond donors (Lipinski definition) is 2. The van der Waals surface area contributed by atoms with Crippen molar-refractivity contribution in [1.82, 2.24) is 4.90 Å². The van der Waals surface area contributed by atoms with Crippen LogP contribution in [0.5, 0.6) is 0 Å². The molecule has 0 aliphatic carbocycles. The van der Waals surface area contributed by atoms with Gasteiger partial charge >= 0.3 is 26.0 Å². The molecule has 2 atom stereocenters. The first-order valence-corrected chi connectivity index (χ1v) is 16.8. The van der Waals surface area contributed by atoms with Gasteiger partial charge < -0.3 is 34.7 Å². The van der Waals surface area contributed by atoms with E-state index in [0.717, 1.165) is 16.0 Å². The van der Waals surface area contributed by atoms with Crippen molar-refractivity contribution in [3.63, 3.8) is 0 Å². The summed E-state index contributed by atoms with van der Waals surface area (Å²) in [7, 11) is -3.49. The fraction of sp³-hybridized carbons (Fsp3) is 0.500. The molecule has 0 saturated heterocycles. The summed E-state index contributed by atoms with van der Waals surface area (Å²) in [5.74, 6) is -2.94. The van der Waals surface area contributed by atoms with Crippen LogP contribution in [0.15, 0.2) is 65.4 Å². The number of carbonyl (C=O) groups excluding carboxylic acids is 2. The van der Waals surface area contributed by atoms with Crippen LogP contribution in [0.2, 0.25) is 0 Å². The van der Waals surface area contributed by atoms with Gasteiger partial charge in [-0.25, -0.2) is 23.2 Å². The van der Waals surface area contributed by atoms with E-state index in [1.807, 2.05) is 60.7 Å². The first-order chi connectivity index (χ1) is 22.3. The lowest BCUT2D eigenvalue weighted by molar-refractivity contribution is -0.137. The number of aliphatic carboxylic acids is 1. The van der Waals surface area contributed by atoms with E-state index in [4.69, 9.17) is 38.8 Å². The first-order valence-electron chi connectivity index (χ1n) is 15.3. The molecule has 0 fully saturated rings. The number of carboxylic acids is 1. The summed E-state index contributed by atoms with van der Waals surface area (Å²) in [5.41, 5.74) is 8.08. The molecule has 0 saturated carbocycles. The zero-order valence-corrected chi connectivity index (χ0v) is 28.4. The van der Waals surface area contributed by atoms with Crippen LogP contribution >= 0.6 is 7.75 Å². The highest BCUT2D eigenvalue weighted by atomic mass is 31.2. The summed E-state index contributed by atoms with van der Waals surface area (Å²) in [4.78, 5) is 37.2. The standard InChI is InChI=1S/C32H46N3O11P/c1-23(2)28(43-31(38)41-20-12-18-25-14-8-6-9-15-25)45-47(40,34-30(33)35(5)22-27(36)37)46-29(24(3)4)44-32(39)42-21-13-19-26-16-10-7-11-17-26/h6-11,14-17,23-24,28-29H,12-13,18-22H2,1-5H3,(H,36,37)(H2,33,34,40). The second-order valence-corrected chi connectivity index (χ2v) is 12.8. The third-order valence-electron chi connectivity index (χ3n) is 6.32. The summed E-state index contributed by atoms with van der Waals surface area (Å²) in [6, 6.07) is 19.3. The van der Waals surface area contributed by atoms with Gasteiger partial charge in [-0.15, -0.1) is 4.76 Å². The smallest absolute Gasteiger partial charge is 0.480 e. The van der Waals surface area contributed by atoms with E-state index in [1.165, 1.54) is 7.05 Å². The van der Waals surface area contributed by atoms with Crippen LogP contribution < -0.4 is 5.73 Å². The van der Waals surface area contributed by atoms with Gasteiger partial charge in [0.2, 0.25) is 18.5 Å². The number of rotatable bonds is 19. The molecule has 0 aliphatic heterocycles. The fourth-order valence-corrected chi connectivity index (χ4v) is 5.44. The van der Waals surface area contributed by atoms with E-state index in [2.05, 4.69) is 4.76 Å². The van der Waals surface area contributed by atoms with Crippen molar-refractivity contribution in [2.45, 2.75) is 66.0 Å². The van der Waals surface area contributed by atoms with Gasteiger partial charge in [0.1, 0.15) is 6.54 Å². The zero-order chi connectivity index (χ0) is 34.8. The molecule has 0 heterocycles. The minimum Gasteiger partial charge on any atom is -0.480 e. The van der Waals surface area contributed by atoms with Gasteiger partial charge in [-0.1, -0.05) is 88.4 Å². The van der Waals surface area contributed by atoms with Gasteiger partial charge in [0.15, 0.2) is 0 Å². The van der Waals surface area contributed by atoms with Crippen molar-refractivity contribution >= 4 is 32.0 Å². The Morgan fingerprint density at radius 2 is 1.19 bits per heavy atom. The van der Waals surface area contributed by atoms with Crippen molar-refractivity contribution in [2.24, 2.45) is 22.3 Å². The van der Waals surface area contributed by atoms with Crippen molar-refractivity contribution < 1.29 is 52.1 Å². The number of carboxylic acid groups (broad SMARTS) is 1. The molecule has 0 aromatic heterocycles. The Morgan fingerprint density at radius 1 is 0.787 bits per heavy atom. The highest BCUT2D eigenvalue weighted by Crippen LogP contribution is 2.54. The normalized spacial score (nSPS) is 14.1. The molecule has 0 amide bonds. The lowest BCUT2D eigenvalue weighted by atomic mass is 10.1. The molecule has 0 radical (unpaired) electrons. The molecule has 260 valence electrons. The number of hydrogen-bond acceptors (Lipinski definition) is 10. The molecule has 2 aromatic carbocycles. The molecule has 2 rings (SSSR count). The number of carbonyl (C=O) groups is 3. The van der Waals surface area contributed by atoms with E-state index >= 15 is 0 Å². The van der Waals surface area contributed by atoms with Crippen LogP contribution in [0.4, 0.5) is 9.59 Å². The van der Waals surface area contributed by atoms with Crippen molar-refractivity contribution in [3.8, 4) is 0 Å². The maximum absolute atomic E-state index is 14.1. The Morgan fingerprint density at radius 3 is 1.55 bits per heavy atom. The van der Waals surface area contributed by atoms with Crippen LogP contribution in [0.1, 0.15) is 51.7 Å². The van der Waals surface area contributed by atoms with Gasteiger partial charge in [0, 0.05) is 18.9 Å². The highest BCUT2D eigenvalue weighted by Gasteiger charge is 2.39. The molecule has 0 bridgehead atoms. The molecule has 3 N–H and O–H groups in total. The largest absolute Gasteiger partial charge is 0.510 e. The summed E-state index contributed by atoms with van der Waals surface area (Å²) >= 11 is 0. The SMILES string of the molecule is CC(C)C(OC(=O)OCCCc1ccccc1)OP(=O)(/N=C(/N)N(C)CC(=O)O)OC(OC(=O)OCCCc1ccccc1)C(C)C. The van der Waals surface area contributed by atoms with Gasteiger partial charge in [0.05, 0.1) is 13.2 Å². The maximum atomic E-state index is 14.1. The molecule has 15 heteroatoms.